The van der Waals surface area contributed by atoms with Gasteiger partial charge in [0.2, 0.25) is 11.7 Å². The number of allylic oxidation sites excluding steroid dienone is 1. The van der Waals surface area contributed by atoms with Crippen LogP contribution in [-0.2, 0) is 30.5 Å². The quantitative estimate of drug-likeness (QED) is 0.417. The van der Waals surface area contributed by atoms with Gasteiger partial charge in [0, 0.05) is 23.1 Å². The molecule has 3 saturated carbocycles. The van der Waals surface area contributed by atoms with Crippen LogP contribution in [0.25, 0.3) is 0 Å². The van der Waals surface area contributed by atoms with E-state index in [2.05, 4.69) is 12.2 Å². The lowest BCUT2D eigenvalue weighted by Gasteiger charge is -2.60. The van der Waals surface area contributed by atoms with Crippen molar-refractivity contribution in [1.82, 2.24) is 5.32 Å². The molecule has 212 valence electrons. The van der Waals surface area contributed by atoms with Gasteiger partial charge >= 0.3 is 5.97 Å². The zero-order valence-electron chi connectivity index (χ0n) is 22.7. The number of carbonyl (C=O) groups is 4. The van der Waals surface area contributed by atoms with Crippen LogP contribution in [0.1, 0.15) is 76.5 Å². The third-order valence-electron chi connectivity index (χ3n) is 10.5. The average molecular weight is 558 g/mol. The highest BCUT2D eigenvalue weighted by atomic mass is 32.1. The second-order valence-corrected chi connectivity index (χ2v) is 13.4. The molecular weight excluding hydrogens is 518 g/mol. The first-order valence-electron chi connectivity index (χ1n) is 14.1. The van der Waals surface area contributed by atoms with Crippen molar-refractivity contribution in [3.63, 3.8) is 0 Å². The lowest BCUT2D eigenvalue weighted by atomic mass is 9.45. The highest BCUT2D eigenvalue weighted by Crippen LogP contribution is 2.67. The molecular formula is C30H39NO7S. The molecule has 5 rings (SSSR count). The Morgan fingerprint density at radius 3 is 2.69 bits per heavy atom. The first-order valence-corrected chi connectivity index (χ1v) is 15.0. The molecule has 1 heterocycles. The van der Waals surface area contributed by atoms with Gasteiger partial charge in [-0.2, -0.15) is 0 Å². The minimum absolute atomic E-state index is 0.00934. The fourth-order valence-electron chi connectivity index (χ4n) is 8.39. The Hall–Kier alpha value is -2.36. The Morgan fingerprint density at radius 1 is 1.15 bits per heavy atom. The fraction of sp³-hybridized carbons (Fsp3) is 0.667. The summed E-state index contributed by atoms with van der Waals surface area (Å²) < 4.78 is 5.21. The largest absolute Gasteiger partial charge is 0.458 e. The lowest BCUT2D eigenvalue weighted by Crippen LogP contribution is -2.62. The van der Waals surface area contributed by atoms with Crippen LogP contribution < -0.4 is 5.32 Å². The van der Waals surface area contributed by atoms with E-state index in [9.17, 15) is 29.4 Å². The van der Waals surface area contributed by atoms with Crippen LogP contribution in [0.3, 0.4) is 0 Å². The molecule has 1 aromatic heterocycles. The third kappa shape index (κ3) is 4.91. The number of hydrogen-bond acceptors (Lipinski definition) is 8. The number of fused-ring (bicyclic) bond motifs is 5. The predicted octanol–water partition coefficient (Wildman–Crippen LogP) is 3.49. The van der Waals surface area contributed by atoms with E-state index < -0.39 is 35.5 Å². The number of hydrogen-bond donors (Lipinski definition) is 3. The van der Waals surface area contributed by atoms with E-state index in [0.29, 0.717) is 19.4 Å². The molecule has 0 saturated heterocycles. The van der Waals surface area contributed by atoms with Crippen molar-refractivity contribution in [2.24, 2.45) is 28.6 Å². The Morgan fingerprint density at radius 2 is 1.95 bits per heavy atom. The molecule has 4 aliphatic carbocycles. The zero-order chi connectivity index (χ0) is 28.0. The van der Waals surface area contributed by atoms with Gasteiger partial charge in [-0.1, -0.05) is 25.5 Å². The van der Waals surface area contributed by atoms with E-state index in [1.807, 2.05) is 24.4 Å². The van der Waals surface area contributed by atoms with Crippen LogP contribution in [0.2, 0.25) is 0 Å². The summed E-state index contributed by atoms with van der Waals surface area (Å²) in [6.07, 6.45) is 4.95. The SMILES string of the molecule is C[C@]12C[C@H](O)[C@@H]3[C@@H](CCC4=CC(=O)CC[C@]43C)[C@H]1CC[C@@]2(O)C(=O)COC(=O)CCC(=O)NCc1cccs1. The maximum absolute atomic E-state index is 13.4. The monoisotopic (exact) mass is 557 g/mol. The number of Topliss-reactive ketones (excluding diaryl/α,β-unsaturated/α-hetero) is 1. The molecule has 1 aromatic rings. The highest BCUT2D eigenvalue weighted by molar-refractivity contribution is 7.09. The Balaban J connectivity index is 1.19. The molecule has 1 amide bonds. The van der Waals surface area contributed by atoms with Gasteiger partial charge in [-0.15, -0.1) is 11.3 Å². The molecule has 0 radical (unpaired) electrons. The first-order chi connectivity index (χ1) is 18.5. The molecule has 39 heavy (non-hydrogen) atoms. The van der Waals surface area contributed by atoms with Gasteiger partial charge < -0.3 is 20.3 Å². The molecule has 3 fully saturated rings. The molecule has 4 aliphatic rings. The maximum atomic E-state index is 13.4. The Bertz CT molecular complexity index is 1180. The van der Waals surface area contributed by atoms with Crippen molar-refractivity contribution in [3.05, 3.63) is 34.0 Å². The molecule has 0 unspecified atom stereocenters. The first kappa shape index (κ1) is 28.2. The van der Waals surface area contributed by atoms with Crippen LogP contribution in [0.4, 0.5) is 0 Å². The van der Waals surface area contributed by atoms with Gasteiger partial charge in [-0.3, -0.25) is 19.2 Å². The topological polar surface area (TPSA) is 130 Å². The number of carbonyl (C=O) groups excluding carboxylic acids is 4. The Labute approximate surface area is 233 Å². The molecule has 7 atom stereocenters. The van der Waals surface area contributed by atoms with Gasteiger partial charge in [0.15, 0.2) is 12.4 Å². The Kier molecular flexibility index (Phi) is 7.63. The summed E-state index contributed by atoms with van der Waals surface area (Å²) in [6.45, 7) is 3.92. The van der Waals surface area contributed by atoms with Crippen LogP contribution in [0.15, 0.2) is 29.2 Å². The summed E-state index contributed by atoms with van der Waals surface area (Å²) >= 11 is 1.53. The van der Waals surface area contributed by atoms with Crippen molar-refractivity contribution < 1.29 is 34.1 Å². The molecule has 0 aromatic carbocycles. The highest BCUT2D eigenvalue weighted by Gasteiger charge is 2.68. The van der Waals surface area contributed by atoms with Crippen molar-refractivity contribution in [2.45, 2.75) is 89.9 Å². The van der Waals surface area contributed by atoms with Crippen molar-refractivity contribution >= 4 is 34.8 Å². The smallest absolute Gasteiger partial charge is 0.306 e. The minimum atomic E-state index is -1.69. The summed E-state index contributed by atoms with van der Waals surface area (Å²) in [6, 6.07) is 3.81. The lowest BCUT2D eigenvalue weighted by molar-refractivity contribution is -0.184. The third-order valence-corrected chi connectivity index (χ3v) is 11.3. The van der Waals surface area contributed by atoms with Gasteiger partial charge in [0.25, 0.3) is 0 Å². The standard InChI is InChI=1S/C30H39NO7S/c1-28-11-9-19(32)14-18(28)5-6-21-22-10-12-30(37,29(22,2)15-23(33)27(21)28)24(34)17-38-26(36)8-7-25(35)31-16-20-4-3-13-39-20/h3-4,13-14,21-23,27,33,37H,5-12,15-17H2,1-2H3,(H,31,35)/t21-,22+,23-,27-,28+,29-,30+/m0/s1. The van der Waals surface area contributed by atoms with E-state index in [0.717, 1.165) is 29.7 Å². The normalized spacial score (nSPS) is 37.2. The van der Waals surface area contributed by atoms with E-state index in [1.165, 1.54) is 11.3 Å². The van der Waals surface area contributed by atoms with Crippen molar-refractivity contribution in [3.8, 4) is 0 Å². The number of aliphatic hydroxyl groups excluding tert-OH is 1. The van der Waals surface area contributed by atoms with Crippen LogP contribution in [-0.4, -0.2) is 52.0 Å². The maximum Gasteiger partial charge on any atom is 0.306 e. The number of aliphatic hydroxyl groups is 2. The fourth-order valence-corrected chi connectivity index (χ4v) is 9.04. The summed E-state index contributed by atoms with van der Waals surface area (Å²) in [4.78, 5) is 50.8. The molecule has 9 heteroatoms. The molecule has 0 bridgehead atoms. The van der Waals surface area contributed by atoms with Crippen molar-refractivity contribution in [2.75, 3.05) is 6.61 Å². The number of esters is 1. The average Bonchev–Trinajstić information content (AvgIpc) is 3.51. The summed E-state index contributed by atoms with van der Waals surface area (Å²) in [5.41, 5.74) is -1.63. The zero-order valence-corrected chi connectivity index (χ0v) is 23.6. The van der Waals surface area contributed by atoms with Gasteiger partial charge in [-0.25, -0.2) is 0 Å². The van der Waals surface area contributed by atoms with Crippen molar-refractivity contribution in [1.29, 1.82) is 0 Å². The summed E-state index contributed by atoms with van der Waals surface area (Å²) in [5.74, 6) is -1.13. The number of thiophene rings is 1. The summed E-state index contributed by atoms with van der Waals surface area (Å²) in [5, 5.41) is 27.9. The van der Waals surface area contributed by atoms with E-state index in [1.54, 1.807) is 6.08 Å². The minimum Gasteiger partial charge on any atom is -0.458 e. The molecule has 0 aliphatic heterocycles. The number of nitrogens with one attached hydrogen (secondary N) is 1. The number of amides is 1. The van der Waals surface area contributed by atoms with E-state index >= 15 is 0 Å². The second-order valence-electron chi connectivity index (χ2n) is 12.4. The number of ketones is 2. The van der Waals surface area contributed by atoms with E-state index in [4.69, 9.17) is 4.74 Å². The van der Waals surface area contributed by atoms with Crippen LogP contribution in [0, 0.1) is 28.6 Å². The molecule has 0 spiro atoms. The second kappa shape index (κ2) is 10.6. The van der Waals surface area contributed by atoms with Crippen LogP contribution >= 0.6 is 11.3 Å². The summed E-state index contributed by atoms with van der Waals surface area (Å²) in [7, 11) is 0. The predicted molar refractivity (Wildman–Crippen MR) is 144 cm³/mol. The van der Waals surface area contributed by atoms with E-state index in [-0.39, 0.29) is 60.5 Å². The number of ether oxygens (including phenoxy) is 1. The number of rotatable bonds is 8. The molecule has 8 nitrogen and oxygen atoms in total. The molecule has 3 N–H and O–H groups in total. The van der Waals surface area contributed by atoms with Gasteiger partial charge in [-0.05, 0) is 79.2 Å². The van der Waals surface area contributed by atoms with Gasteiger partial charge in [0.1, 0.15) is 5.60 Å². The van der Waals surface area contributed by atoms with Gasteiger partial charge in [0.05, 0.1) is 19.1 Å². The van der Waals surface area contributed by atoms with Crippen LogP contribution in [0.5, 0.6) is 0 Å².